The van der Waals surface area contributed by atoms with E-state index in [4.69, 9.17) is 0 Å². The van der Waals surface area contributed by atoms with Crippen LogP contribution in [0.25, 0.3) is 11.4 Å². The first kappa shape index (κ1) is 14.6. The van der Waals surface area contributed by atoms with Crippen molar-refractivity contribution in [3.63, 3.8) is 0 Å². The highest BCUT2D eigenvalue weighted by molar-refractivity contribution is 14.1. The van der Waals surface area contributed by atoms with Crippen molar-refractivity contribution in [1.29, 1.82) is 0 Å². The van der Waals surface area contributed by atoms with Crippen molar-refractivity contribution < 1.29 is 4.92 Å². The zero-order valence-electron chi connectivity index (χ0n) is 10.8. The third-order valence-corrected chi connectivity index (χ3v) is 3.39. The summed E-state index contributed by atoms with van der Waals surface area (Å²) >= 11 is 2.16. The van der Waals surface area contributed by atoms with Crippen LogP contribution in [0, 0.1) is 13.7 Å². The number of non-ortho nitro benzene ring substituents is 1. The number of aromatic nitrogens is 2. The molecule has 2 rings (SSSR count). The lowest BCUT2D eigenvalue weighted by Crippen LogP contribution is -2.05. The SMILES string of the molecule is CCCNc1nc(-c2cccc([N+](=O)[O-])c2)ncc1I. The first-order chi connectivity index (χ1) is 9.61. The Kier molecular flexibility index (Phi) is 4.83. The molecule has 0 amide bonds. The second-order valence-corrected chi connectivity index (χ2v) is 5.29. The number of rotatable bonds is 5. The Morgan fingerprint density at radius 3 is 2.95 bits per heavy atom. The van der Waals surface area contributed by atoms with Gasteiger partial charge in [0.2, 0.25) is 0 Å². The number of halogens is 1. The first-order valence-corrected chi connectivity index (χ1v) is 7.21. The number of nitrogens with zero attached hydrogens (tertiary/aromatic N) is 3. The van der Waals surface area contributed by atoms with Gasteiger partial charge < -0.3 is 5.32 Å². The molecular weight excluding hydrogens is 371 g/mol. The molecule has 0 aliphatic heterocycles. The fourth-order valence-corrected chi connectivity index (χ4v) is 2.08. The summed E-state index contributed by atoms with van der Waals surface area (Å²) in [7, 11) is 0. The molecule has 0 saturated carbocycles. The van der Waals surface area contributed by atoms with E-state index in [1.807, 2.05) is 0 Å². The minimum absolute atomic E-state index is 0.0349. The Morgan fingerprint density at radius 1 is 1.45 bits per heavy atom. The Labute approximate surface area is 129 Å². The third-order valence-electron chi connectivity index (χ3n) is 2.60. The minimum atomic E-state index is -0.424. The number of hydrogen-bond donors (Lipinski definition) is 1. The quantitative estimate of drug-likeness (QED) is 0.485. The number of hydrogen-bond acceptors (Lipinski definition) is 5. The lowest BCUT2D eigenvalue weighted by atomic mass is 10.2. The Bertz CT molecular complexity index is 634. The van der Waals surface area contributed by atoms with E-state index >= 15 is 0 Å². The van der Waals surface area contributed by atoms with Crippen LogP contribution < -0.4 is 5.32 Å². The van der Waals surface area contributed by atoms with Gasteiger partial charge in [-0.3, -0.25) is 10.1 Å². The Morgan fingerprint density at radius 2 is 2.25 bits per heavy atom. The van der Waals surface area contributed by atoms with E-state index in [2.05, 4.69) is 44.8 Å². The fourth-order valence-electron chi connectivity index (χ4n) is 1.63. The smallest absolute Gasteiger partial charge is 0.270 e. The first-order valence-electron chi connectivity index (χ1n) is 6.13. The average Bonchev–Trinajstić information content (AvgIpc) is 2.46. The van der Waals surface area contributed by atoms with Gasteiger partial charge in [0.15, 0.2) is 5.82 Å². The molecule has 0 aliphatic rings. The van der Waals surface area contributed by atoms with Gasteiger partial charge in [0, 0.05) is 30.4 Å². The van der Waals surface area contributed by atoms with Crippen molar-refractivity contribution in [2.24, 2.45) is 0 Å². The van der Waals surface area contributed by atoms with Crippen LogP contribution >= 0.6 is 22.6 Å². The number of benzene rings is 1. The van der Waals surface area contributed by atoms with Crippen LogP contribution in [0.15, 0.2) is 30.5 Å². The maximum atomic E-state index is 10.8. The van der Waals surface area contributed by atoms with Gasteiger partial charge in [-0.25, -0.2) is 9.97 Å². The monoisotopic (exact) mass is 384 g/mol. The van der Waals surface area contributed by atoms with E-state index < -0.39 is 4.92 Å². The molecule has 7 heteroatoms. The van der Waals surface area contributed by atoms with Crippen LogP contribution in [0.3, 0.4) is 0 Å². The van der Waals surface area contributed by atoms with E-state index in [9.17, 15) is 10.1 Å². The summed E-state index contributed by atoms with van der Waals surface area (Å²) in [5.74, 6) is 1.23. The summed E-state index contributed by atoms with van der Waals surface area (Å²) in [4.78, 5) is 19.0. The molecule has 0 radical (unpaired) electrons. The van der Waals surface area contributed by atoms with E-state index in [0.717, 1.165) is 22.4 Å². The van der Waals surface area contributed by atoms with Gasteiger partial charge in [-0.05, 0) is 29.0 Å². The lowest BCUT2D eigenvalue weighted by Gasteiger charge is -2.08. The summed E-state index contributed by atoms with van der Waals surface area (Å²) < 4.78 is 0.922. The van der Waals surface area contributed by atoms with Gasteiger partial charge >= 0.3 is 0 Å². The normalized spacial score (nSPS) is 10.3. The molecule has 1 aromatic heterocycles. The van der Waals surface area contributed by atoms with Gasteiger partial charge in [0.1, 0.15) is 5.82 Å². The molecule has 1 N–H and O–H groups in total. The van der Waals surface area contributed by atoms with Crippen LogP contribution in [0.1, 0.15) is 13.3 Å². The van der Waals surface area contributed by atoms with E-state index in [0.29, 0.717) is 11.4 Å². The van der Waals surface area contributed by atoms with Crippen molar-refractivity contribution in [3.8, 4) is 11.4 Å². The molecule has 0 bridgehead atoms. The fraction of sp³-hybridized carbons (Fsp3) is 0.231. The lowest BCUT2D eigenvalue weighted by molar-refractivity contribution is -0.384. The molecule has 0 aliphatic carbocycles. The van der Waals surface area contributed by atoms with Crippen LogP contribution in [0.2, 0.25) is 0 Å². The van der Waals surface area contributed by atoms with Gasteiger partial charge in [-0.15, -0.1) is 0 Å². The molecule has 104 valence electrons. The average molecular weight is 384 g/mol. The maximum Gasteiger partial charge on any atom is 0.270 e. The number of anilines is 1. The largest absolute Gasteiger partial charge is 0.369 e. The zero-order chi connectivity index (χ0) is 14.5. The number of nitro groups is 1. The molecule has 0 atom stereocenters. The number of nitrogens with one attached hydrogen (secondary N) is 1. The van der Waals surface area contributed by atoms with Crippen molar-refractivity contribution in [2.45, 2.75) is 13.3 Å². The molecule has 0 unspecified atom stereocenters. The van der Waals surface area contributed by atoms with Crippen LogP contribution in [-0.2, 0) is 0 Å². The zero-order valence-corrected chi connectivity index (χ0v) is 13.0. The maximum absolute atomic E-state index is 10.8. The van der Waals surface area contributed by atoms with Crippen molar-refractivity contribution >= 4 is 34.1 Å². The standard InChI is InChI=1S/C13H13IN4O2/c1-2-6-15-13-11(14)8-16-12(17-13)9-4-3-5-10(7-9)18(19)20/h3-5,7-8H,2,6H2,1H3,(H,15,16,17). The summed E-state index contributed by atoms with van der Waals surface area (Å²) in [5, 5.41) is 14.0. The van der Waals surface area contributed by atoms with Crippen molar-refractivity contribution in [2.75, 3.05) is 11.9 Å². The van der Waals surface area contributed by atoms with Gasteiger partial charge in [0.05, 0.1) is 8.49 Å². The Hall–Kier alpha value is -1.77. The van der Waals surface area contributed by atoms with E-state index in [1.165, 1.54) is 12.1 Å². The summed E-state index contributed by atoms with van der Waals surface area (Å²) in [5.41, 5.74) is 0.669. The Balaban J connectivity index is 2.37. The van der Waals surface area contributed by atoms with Gasteiger partial charge in [-0.1, -0.05) is 19.1 Å². The highest BCUT2D eigenvalue weighted by Crippen LogP contribution is 2.23. The summed E-state index contributed by atoms with van der Waals surface area (Å²) in [6, 6.07) is 6.32. The third kappa shape index (κ3) is 3.41. The van der Waals surface area contributed by atoms with Crippen LogP contribution in [-0.4, -0.2) is 21.4 Å². The number of nitro benzene ring substituents is 1. The van der Waals surface area contributed by atoms with Gasteiger partial charge in [-0.2, -0.15) is 0 Å². The predicted octanol–water partition coefficient (Wildman–Crippen LogP) is 3.48. The van der Waals surface area contributed by atoms with Crippen molar-refractivity contribution in [3.05, 3.63) is 44.1 Å². The predicted molar refractivity (Wildman–Crippen MR) is 85.6 cm³/mol. The topological polar surface area (TPSA) is 81.0 Å². The second kappa shape index (κ2) is 6.60. The molecule has 0 spiro atoms. The minimum Gasteiger partial charge on any atom is -0.369 e. The highest BCUT2D eigenvalue weighted by atomic mass is 127. The van der Waals surface area contributed by atoms with Crippen LogP contribution in [0.5, 0.6) is 0 Å². The van der Waals surface area contributed by atoms with E-state index in [-0.39, 0.29) is 5.69 Å². The molecule has 1 aromatic carbocycles. The summed E-state index contributed by atoms with van der Waals surface area (Å²) in [6.07, 6.45) is 2.70. The van der Waals surface area contributed by atoms with Gasteiger partial charge in [0.25, 0.3) is 5.69 Å². The molecule has 1 heterocycles. The molecular formula is C13H13IN4O2. The summed E-state index contributed by atoms with van der Waals surface area (Å²) in [6.45, 7) is 2.89. The van der Waals surface area contributed by atoms with Crippen molar-refractivity contribution in [1.82, 2.24) is 9.97 Å². The molecule has 0 fully saturated rings. The van der Waals surface area contributed by atoms with Crippen LogP contribution in [0.4, 0.5) is 11.5 Å². The van der Waals surface area contributed by atoms with E-state index in [1.54, 1.807) is 18.3 Å². The molecule has 0 saturated heterocycles. The second-order valence-electron chi connectivity index (χ2n) is 4.12. The molecule has 6 nitrogen and oxygen atoms in total. The highest BCUT2D eigenvalue weighted by Gasteiger charge is 2.10. The molecule has 2 aromatic rings. The molecule has 20 heavy (non-hydrogen) atoms.